The number of nitrogens with two attached hydrogens (primary N) is 1. The van der Waals surface area contributed by atoms with Crippen LogP contribution in [0.1, 0.15) is 25.7 Å². The van der Waals surface area contributed by atoms with Crippen molar-refractivity contribution in [3.05, 3.63) is 36.9 Å². The molecule has 1 heterocycles. The van der Waals surface area contributed by atoms with Gasteiger partial charge in [0.25, 0.3) is 0 Å². The van der Waals surface area contributed by atoms with Gasteiger partial charge in [0.05, 0.1) is 6.20 Å². The van der Waals surface area contributed by atoms with E-state index in [1.165, 1.54) is 32.1 Å². The summed E-state index contributed by atoms with van der Waals surface area (Å²) in [4.78, 5) is 3.94. The molecule has 0 bridgehead atoms. The maximum Gasteiger partial charge on any atom is 0.181 e. The van der Waals surface area contributed by atoms with Crippen LogP contribution in [0.2, 0.25) is 0 Å². The van der Waals surface area contributed by atoms with Crippen LogP contribution in [0.15, 0.2) is 41.3 Å². The van der Waals surface area contributed by atoms with Crippen LogP contribution < -0.4 is 11.1 Å². The van der Waals surface area contributed by atoms with Crippen LogP contribution in [-0.2, 0) is 0 Å². The molecule has 1 aliphatic carbocycles. The van der Waals surface area contributed by atoms with Crippen molar-refractivity contribution in [2.24, 2.45) is 11.7 Å². The lowest BCUT2D eigenvalue weighted by atomic mass is 9.84. The van der Waals surface area contributed by atoms with Gasteiger partial charge in [-0.25, -0.2) is 4.98 Å². The highest BCUT2D eigenvalue weighted by molar-refractivity contribution is 5.60. The lowest BCUT2D eigenvalue weighted by Crippen LogP contribution is -2.36. The number of anilines is 1. The zero-order valence-electron chi connectivity index (χ0n) is 11.6. The Balaban J connectivity index is 1.68. The average Bonchev–Trinajstić information content (AvgIpc) is 3.03. The number of hydrogen-bond donors (Lipinski definition) is 2. The van der Waals surface area contributed by atoms with Crippen molar-refractivity contribution in [1.29, 1.82) is 0 Å². The molecule has 4 nitrogen and oxygen atoms in total. The summed E-state index contributed by atoms with van der Waals surface area (Å²) >= 11 is 0. The van der Waals surface area contributed by atoms with Gasteiger partial charge < -0.3 is 15.5 Å². The van der Waals surface area contributed by atoms with E-state index in [1.54, 1.807) is 6.20 Å². The molecule has 0 saturated heterocycles. The minimum Gasteiger partial charge on any atom is -0.444 e. The van der Waals surface area contributed by atoms with E-state index in [9.17, 15) is 0 Å². The quantitative estimate of drug-likeness (QED) is 0.895. The molecule has 20 heavy (non-hydrogen) atoms. The number of hydrogen-bond acceptors (Lipinski definition) is 4. The zero-order valence-corrected chi connectivity index (χ0v) is 11.6. The third kappa shape index (κ3) is 2.85. The van der Waals surface area contributed by atoms with Crippen molar-refractivity contribution in [2.75, 3.05) is 11.9 Å². The number of aromatic nitrogens is 1. The van der Waals surface area contributed by atoms with Gasteiger partial charge in [-0.15, -0.1) is 0 Å². The summed E-state index contributed by atoms with van der Waals surface area (Å²) in [5.41, 5.74) is 8.08. The van der Waals surface area contributed by atoms with Gasteiger partial charge in [-0.1, -0.05) is 12.8 Å². The van der Waals surface area contributed by atoms with E-state index in [1.807, 2.05) is 0 Å². The SMILES string of the molecule is NCC1CCCCC1Nc1ccc(-c2cnco2)cc1. The first-order chi connectivity index (χ1) is 9.86. The highest BCUT2D eigenvalue weighted by Crippen LogP contribution is 2.27. The Bertz CT molecular complexity index is 521. The van der Waals surface area contributed by atoms with Crippen molar-refractivity contribution >= 4 is 5.69 Å². The predicted molar refractivity (Wildman–Crippen MR) is 80.4 cm³/mol. The van der Waals surface area contributed by atoms with E-state index < -0.39 is 0 Å². The number of oxazole rings is 1. The Labute approximate surface area is 119 Å². The van der Waals surface area contributed by atoms with Crippen molar-refractivity contribution in [3.63, 3.8) is 0 Å². The fourth-order valence-corrected chi connectivity index (χ4v) is 2.98. The first-order valence-electron chi connectivity index (χ1n) is 7.32. The molecule has 0 radical (unpaired) electrons. The van der Waals surface area contributed by atoms with Gasteiger partial charge in [-0.3, -0.25) is 0 Å². The first kappa shape index (κ1) is 13.2. The van der Waals surface area contributed by atoms with Crippen LogP contribution in [0, 0.1) is 5.92 Å². The van der Waals surface area contributed by atoms with Gasteiger partial charge in [-0.2, -0.15) is 0 Å². The molecule has 0 spiro atoms. The van der Waals surface area contributed by atoms with E-state index in [4.69, 9.17) is 10.2 Å². The van der Waals surface area contributed by atoms with Crippen molar-refractivity contribution < 1.29 is 4.42 Å². The molecule has 1 fully saturated rings. The highest BCUT2D eigenvalue weighted by atomic mass is 16.3. The van der Waals surface area contributed by atoms with Gasteiger partial charge in [0.1, 0.15) is 0 Å². The van der Waals surface area contributed by atoms with Crippen molar-refractivity contribution in [3.8, 4) is 11.3 Å². The summed E-state index contributed by atoms with van der Waals surface area (Å²) < 4.78 is 5.30. The van der Waals surface area contributed by atoms with Gasteiger partial charge >= 0.3 is 0 Å². The number of nitrogens with zero attached hydrogens (tertiary/aromatic N) is 1. The maximum atomic E-state index is 5.88. The minimum atomic E-state index is 0.505. The van der Waals surface area contributed by atoms with Gasteiger partial charge in [0.2, 0.25) is 0 Å². The molecule has 0 aliphatic heterocycles. The van der Waals surface area contributed by atoms with Crippen molar-refractivity contribution in [1.82, 2.24) is 4.98 Å². The third-order valence-electron chi connectivity index (χ3n) is 4.17. The second kappa shape index (κ2) is 6.09. The normalized spacial score (nSPS) is 22.6. The van der Waals surface area contributed by atoms with Crippen LogP contribution in [0.3, 0.4) is 0 Å². The van der Waals surface area contributed by atoms with E-state index in [-0.39, 0.29) is 0 Å². The zero-order chi connectivity index (χ0) is 13.8. The summed E-state index contributed by atoms with van der Waals surface area (Å²) in [7, 11) is 0. The Morgan fingerprint density at radius 3 is 2.70 bits per heavy atom. The number of rotatable bonds is 4. The highest BCUT2D eigenvalue weighted by Gasteiger charge is 2.23. The molecular weight excluding hydrogens is 250 g/mol. The summed E-state index contributed by atoms with van der Waals surface area (Å²) in [6.07, 6.45) is 8.24. The molecule has 3 rings (SSSR count). The molecule has 1 saturated carbocycles. The molecule has 106 valence electrons. The minimum absolute atomic E-state index is 0.505. The topological polar surface area (TPSA) is 64.1 Å². The maximum absolute atomic E-state index is 5.88. The Morgan fingerprint density at radius 1 is 1.20 bits per heavy atom. The van der Waals surface area contributed by atoms with Crippen LogP contribution in [0.4, 0.5) is 5.69 Å². The van der Waals surface area contributed by atoms with Crippen LogP contribution in [-0.4, -0.2) is 17.6 Å². The van der Waals surface area contributed by atoms with Gasteiger partial charge in [-0.05, 0) is 49.6 Å². The van der Waals surface area contributed by atoms with E-state index in [2.05, 4.69) is 34.6 Å². The van der Waals surface area contributed by atoms with Crippen molar-refractivity contribution in [2.45, 2.75) is 31.7 Å². The lowest BCUT2D eigenvalue weighted by molar-refractivity contribution is 0.332. The van der Waals surface area contributed by atoms with Crippen LogP contribution in [0.25, 0.3) is 11.3 Å². The molecule has 1 aromatic carbocycles. The molecule has 4 heteroatoms. The Hall–Kier alpha value is -1.81. The molecule has 1 aromatic heterocycles. The summed E-state index contributed by atoms with van der Waals surface area (Å²) in [6.45, 7) is 0.772. The molecule has 0 amide bonds. The van der Waals surface area contributed by atoms with E-state index in [0.29, 0.717) is 12.0 Å². The summed E-state index contributed by atoms with van der Waals surface area (Å²) in [5.74, 6) is 1.40. The Kier molecular flexibility index (Phi) is 4.02. The first-order valence-corrected chi connectivity index (χ1v) is 7.32. The predicted octanol–water partition coefficient (Wildman–Crippen LogP) is 3.27. The molecule has 3 N–H and O–H groups in total. The monoisotopic (exact) mass is 271 g/mol. The number of nitrogens with one attached hydrogen (secondary N) is 1. The van der Waals surface area contributed by atoms with E-state index >= 15 is 0 Å². The number of benzene rings is 1. The molecule has 1 aliphatic rings. The fraction of sp³-hybridized carbons (Fsp3) is 0.438. The summed E-state index contributed by atoms with van der Waals surface area (Å²) in [5, 5.41) is 3.63. The lowest BCUT2D eigenvalue weighted by Gasteiger charge is -2.32. The Morgan fingerprint density at radius 2 is 2.00 bits per heavy atom. The van der Waals surface area contributed by atoms with Crippen LogP contribution >= 0.6 is 0 Å². The third-order valence-corrected chi connectivity index (χ3v) is 4.17. The van der Waals surface area contributed by atoms with Crippen LogP contribution in [0.5, 0.6) is 0 Å². The van der Waals surface area contributed by atoms with Gasteiger partial charge in [0, 0.05) is 17.3 Å². The molecule has 2 unspecified atom stereocenters. The smallest absolute Gasteiger partial charge is 0.181 e. The summed E-state index contributed by atoms with van der Waals surface area (Å²) in [6, 6.07) is 8.82. The molecular formula is C16H21N3O. The molecule has 2 aromatic rings. The largest absolute Gasteiger partial charge is 0.444 e. The fourth-order valence-electron chi connectivity index (χ4n) is 2.98. The molecule has 2 atom stereocenters. The standard InChI is InChI=1S/C16H21N3O/c17-9-13-3-1-2-4-15(13)19-14-7-5-12(6-8-14)16-10-18-11-20-16/h5-8,10-11,13,15,19H,1-4,9,17H2. The van der Waals surface area contributed by atoms with E-state index in [0.717, 1.165) is 23.6 Å². The second-order valence-corrected chi connectivity index (χ2v) is 5.47. The average molecular weight is 271 g/mol. The second-order valence-electron chi connectivity index (χ2n) is 5.47. The van der Waals surface area contributed by atoms with Gasteiger partial charge in [0.15, 0.2) is 12.2 Å².